The van der Waals surface area contributed by atoms with E-state index in [2.05, 4.69) is 21.7 Å². The van der Waals surface area contributed by atoms with Crippen LogP contribution in [0.2, 0.25) is 0 Å². The number of nitrogens with zero attached hydrogens (tertiary/aromatic N) is 2. The molecule has 1 aliphatic rings. The van der Waals surface area contributed by atoms with Gasteiger partial charge in [-0.1, -0.05) is 23.8 Å². The third kappa shape index (κ3) is 5.73. The number of alkyl halides is 3. The van der Waals surface area contributed by atoms with E-state index in [0.717, 1.165) is 36.5 Å². The Hall–Kier alpha value is -3.60. The summed E-state index contributed by atoms with van der Waals surface area (Å²) in [6, 6.07) is 15.3. The van der Waals surface area contributed by atoms with E-state index >= 15 is 0 Å². The molecule has 3 aromatic rings. The third-order valence-electron chi connectivity index (χ3n) is 6.47. The Balaban J connectivity index is 1.51. The highest BCUT2D eigenvalue weighted by Crippen LogP contribution is 2.34. The Labute approximate surface area is 202 Å². The lowest BCUT2D eigenvalue weighted by molar-refractivity contribution is -0.140. The first-order valence-corrected chi connectivity index (χ1v) is 11.7. The molecular weight excluding hydrogens is 453 g/mol. The van der Waals surface area contributed by atoms with E-state index in [9.17, 15) is 18.0 Å². The smallest absolute Gasteiger partial charge is 0.382 e. The number of rotatable bonds is 5. The summed E-state index contributed by atoms with van der Waals surface area (Å²) in [6.45, 7) is 3.67. The minimum atomic E-state index is -4.55. The van der Waals surface area contributed by atoms with Crippen LogP contribution in [0.3, 0.4) is 0 Å². The quantitative estimate of drug-likeness (QED) is 0.447. The SMILES string of the molecule is Cc1ccc2nc(C(F)(F)F)cc(N[C@H]3CCCC(NC(=O)c4cccc(C(C)C#N)c4)C3)c2c1. The third-order valence-corrected chi connectivity index (χ3v) is 6.47. The first-order chi connectivity index (χ1) is 16.6. The lowest BCUT2D eigenvalue weighted by Gasteiger charge is -2.31. The van der Waals surface area contributed by atoms with E-state index in [-0.39, 0.29) is 23.9 Å². The van der Waals surface area contributed by atoms with Crippen LogP contribution in [0.5, 0.6) is 0 Å². The number of nitriles is 1. The predicted molar refractivity (Wildman–Crippen MR) is 129 cm³/mol. The number of hydrogen-bond acceptors (Lipinski definition) is 4. The highest BCUT2D eigenvalue weighted by atomic mass is 19.4. The normalized spacial score (nSPS) is 19.1. The number of benzene rings is 2. The largest absolute Gasteiger partial charge is 0.433 e. The number of nitrogens with one attached hydrogen (secondary N) is 2. The molecule has 0 aliphatic heterocycles. The van der Waals surface area contributed by atoms with Crippen LogP contribution < -0.4 is 10.6 Å². The maximum Gasteiger partial charge on any atom is 0.433 e. The molecule has 2 N–H and O–H groups in total. The molecule has 182 valence electrons. The number of amides is 1. The fourth-order valence-corrected chi connectivity index (χ4v) is 4.57. The zero-order valence-corrected chi connectivity index (χ0v) is 19.6. The van der Waals surface area contributed by atoms with Crippen molar-refractivity contribution >= 4 is 22.5 Å². The summed E-state index contributed by atoms with van der Waals surface area (Å²) >= 11 is 0. The summed E-state index contributed by atoms with van der Waals surface area (Å²) < 4.78 is 40.4. The van der Waals surface area contributed by atoms with Gasteiger partial charge in [-0.25, -0.2) is 4.98 Å². The number of fused-ring (bicyclic) bond motifs is 1. The minimum Gasteiger partial charge on any atom is -0.382 e. The Kier molecular flexibility index (Phi) is 6.97. The Morgan fingerprint density at radius 1 is 1.14 bits per heavy atom. The van der Waals surface area contributed by atoms with Gasteiger partial charge in [-0.2, -0.15) is 18.4 Å². The number of halogens is 3. The van der Waals surface area contributed by atoms with Gasteiger partial charge in [0.2, 0.25) is 0 Å². The number of carbonyl (C=O) groups is 1. The second kappa shape index (κ2) is 9.95. The molecule has 0 spiro atoms. The molecule has 1 amide bonds. The topological polar surface area (TPSA) is 77.8 Å². The molecule has 3 atom stereocenters. The zero-order valence-electron chi connectivity index (χ0n) is 19.6. The van der Waals surface area contributed by atoms with Crippen molar-refractivity contribution in [3.63, 3.8) is 0 Å². The second-order valence-corrected chi connectivity index (χ2v) is 9.23. The van der Waals surface area contributed by atoms with Gasteiger partial charge in [-0.3, -0.25) is 4.79 Å². The van der Waals surface area contributed by atoms with Gasteiger partial charge in [0.05, 0.1) is 17.5 Å². The highest BCUT2D eigenvalue weighted by molar-refractivity contribution is 5.94. The Morgan fingerprint density at radius 3 is 2.66 bits per heavy atom. The van der Waals surface area contributed by atoms with Crippen LogP contribution in [0.4, 0.5) is 18.9 Å². The van der Waals surface area contributed by atoms with Crippen molar-refractivity contribution in [1.29, 1.82) is 5.26 Å². The molecule has 1 fully saturated rings. The number of anilines is 1. The zero-order chi connectivity index (χ0) is 25.2. The maximum atomic E-state index is 13.5. The molecule has 0 radical (unpaired) electrons. The van der Waals surface area contributed by atoms with Gasteiger partial charge in [0.1, 0.15) is 5.69 Å². The van der Waals surface area contributed by atoms with E-state index in [1.54, 1.807) is 37.3 Å². The van der Waals surface area contributed by atoms with Gasteiger partial charge < -0.3 is 10.6 Å². The van der Waals surface area contributed by atoms with Crippen molar-refractivity contribution in [3.8, 4) is 6.07 Å². The van der Waals surface area contributed by atoms with Gasteiger partial charge in [0, 0.05) is 28.7 Å². The first kappa shape index (κ1) is 24.5. The summed E-state index contributed by atoms with van der Waals surface area (Å²) in [5.41, 5.74) is 1.97. The van der Waals surface area contributed by atoms with E-state index < -0.39 is 11.9 Å². The van der Waals surface area contributed by atoms with E-state index in [1.165, 1.54) is 0 Å². The standard InChI is InChI=1S/C27H27F3N4O/c1-16-9-10-23-22(11-16)24(14-25(34-23)27(28,29)30)32-20-7-4-8-21(13-20)33-26(35)19-6-3-5-18(12-19)17(2)15-31/h3,5-6,9-12,14,17,20-21H,4,7-8,13H2,1-2H3,(H,32,34)(H,33,35)/t17?,20-,21?/m0/s1. The fourth-order valence-electron chi connectivity index (χ4n) is 4.57. The molecule has 4 rings (SSSR count). The van der Waals surface area contributed by atoms with Crippen molar-refractivity contribution in [2.45, 2.75) is 63.7 Å². The lowest BCUT2D eigenvalue weighted by atomic mass is 9.90. The van der Waals surface area contributed by atoms with Gasteiger partial charge >= 0.3 is 6.18 Å². The summed E-state index contributed by atoms with van der Waals surface area (Å²) in [6.07, 6.45) is -1.53. The van der Waals surface area contributed by atoms with Crippen molar-refractivity contribution < 1.29 is 18.0 Å². The first-order valence-electron chi connectivity index (χ1n) is 11.7. The fraction of sp³-hybridized carbons (Fsp3) is 0.370. The van der Waals surface area contributed by atoms with Crippen LogP contribution >= 0.6 is 0 Å². The molecule has 1 heterocycles. The number of pyridine rings is 1. The van der Waals surface area contributed by atoms with Crippen LogP contribution in [0, 0.1) is 18.3 Å². The van der Waals surface area contributed by atoms with Crippen LogP contribution in [0.1, 0.15) is 65.7 Å². The highest BCUT2D eigenvalue weighted by Gasteiger charge is 2.34. The van der Waals surface area contributed by atoms with Crippen molar-refractivity contribution in [1.82, 2.24) is 10.3 Å². The average Bonchev–Trinajstić information content (AvgIpc) is 2.83. The molecule has 0 bridgehead atoms. The molecule has 1 saturated carbocycles. The van der Waals surface area contributed by atoms with Gasteiger partial charge in [-0.05, 0) is 75.4 Å². The number of aryl methyl sites for hydroxylation is 1. The van der Waals surface area contributed by atoms with Gasteiger partial charge in [0.15, 0.2) is 0 Å². The molecule has 2 unspecified atom stereocenters. The van der Waals surface area contributed by atoms with Crippen molar-refractivity contribution in [2.75, 3.05) is 5.32 Å². The molecule has 35 heavy (non-hydrogen) atoms. The Morgan fingerprint density at radius 2 is 1.91 bits per heavy atom. The van der Waals surface area contributed by atoms with Crippen LogP contribution in [0.15, 0.2) is 48.5 Å². The summed E-state index contributed by atoms with van der Waals surface area (Å²) in [5.74, 6) is -0.529. The van der Waals surface area contributed by atoms with Crippen LogP contribution in [-0.4, -0.2) is 23.0 Å². The van der Waals surface area contributed by atoms with Gasteiger partial charge in [-0.15, -0.1) is 0 Å². The molecule has 2 aromatic carbocycles. The van der Waals surface area contributed by atoms with Crippen molar-refractivity contribution in [2.24, 2.45) is 0 Å². The molecule has 1 aromatic heterocycles. The van der Waals surface area contributed by atoms with E-state index in [1.807, 2.05) is 19.1 Å². The van der Waals surface area contributed by atoms with Crippen molar-refractivity contribution in [3.05, 3.63) is 70.9 Å². The molecular formula is C27H27F3N4O. The van der Waals surface area contributed by atoms with Gasteiger partial charge in [0.25, 0.3) is 5.91 Å². The van der Waals surface area contributed by atoms with E-state index in [0.29, 0.717) is 28.6 Å². The average molecular weight is 481 g/mol. The Bertz CT molecular complexity index is 1280. The number of carbonyl (C=O) groups excluding carboxylic acids is 1. The second-order valence-electron chi connectivity index (χ2n) is 9.23. The molecule has 5 nitrogen and oxygen atoms in total. The summed E-state index contributed by atoms with van der Waals surface area (Å²) in [7, 11) is 0. The molecule has 8 heteroatoms. The van der Waals surface area contributed by atoms with Crippen LogP contribution in [-0.2, 0) is 6.18 Å². The molecule has 1 aliphatic carbocycles. The number of aromatic nitrogens is 1. The summed E-state index contributed by atoms with van der Waals surface area (Å²) in [5, 5.41) is 16.2. The number of hydrogen-bond donors (Lipinski definition) is 2. The lowest BCUT2D eigenvalue weighted by Crippen LogP contribution is -2.41. The van der Waals surface area contributed by atoms with E-state index in [4.69, 9.17) is 5.26 Å². The molecule has 0 saturated heterocycles. The minimum absolute atomic E-state index is 0.0915. The van der Waals surface area contributed by atoms with Crippen LogP contribution in [0.25, 0.3) is 10.9 Å². The maximum absolute atomic E-state index is 13.5. The monoisotopic (exact) mass is 480 g/mol. The summed E-state index contributed by atoms with van der Waals surface area (Å²) in [4.78, 5) is 16.7. The predicted octanol–water partition coefficient (Wildman–Crippen LogP) is 6.34.